The normalized spacial score (nSPS) is 10.2. The fourth-order valence-electron chi connectivity index (χ4n) is 1.58. The summed E-state index contributed by atoms with van der Waals surface area (Å²) in [5.74, 6) is -0.266. The number of anilines is 1. The summed E-state index contributed by atoms with van der Waals surface area (Å²) in [6.45, 7) is 0.440. The molecule has 0 aliphatic rings. The van der Waals surface area contributed by atoms with E-state index in [-0.39, 0.29) is 16.7 Å². The molecular weight excluding hydrogens is 264 g/mol. The van der Waals surface area contributed by atoms with E-state index in [1.54, 1.807) is 30.3 Å². The second kappa shape index (κ2) is 5.73. The Morgan fingerprint density at radius 2 is 1.89 bits per heavy atom. The Balaban J connectivity index is 2.13. The van der Waals surface area contributed by atoms with Crippen molar-refractivity contribution in [2.75, 3.05) is 5.32 Å². The molecule has 19 heavy (non-hydrogen) atoms. The minimum absolute atomic E-state index is 0.0213. The van der Waals surface area contributed by atoms with Crippen LogP contribution < -0.4 is 11.1 Å². The van der Waals surface area contributed by atoms with Crippen molar-refractivity contribution in [3.05, 3.63) is 58.6 Å². The summed E-state index contributed by atoms with van der Waals surface area (Å²) < 4.78 is 0. The molecule has 0 bridgehead atoms. The lowest BCUT2D eigenvalue weighted by atomic mass is 10.1. The number of phenolic OH excluding ortho intramolecular Hbond substituents is 1. The number of hydrogen-bond acceptors (Lipinski definition) is 3. The number of nitrogens with two attached hydrogens (primary N) is 1. The third kappa shape index (κ3) is 3.24. The van der Waals surface area contributed by atoms with E-state index in [2.05, 4.69) is 5.32 Å². The van der Waals surface area contributed by atoms with E-state index in [1.807, 2.05) is 0 Å². The van der Waals surface area contributed by atoms with E-state index in [0.717, 1.165) is 5.56 Å². The number of aromatic hydroxyl groups is 1. The van der Waals surface area contributed by atoms with Crippen LogP contribution in [0.1, 0.15) is 15.9 Å². The minimum Gasteiger partial charge on any atom is -0.506 e. The number of nitrogens with one attached hydrogen (secondary N) is 1. The lowest BCUT2D eigenvalue weighted by Crippen LogP contribution is -2.12. The van der Waals surface area contributed by atoms with Gasteiger partial charge < -0.3 is 16.2 Å². The van der Waals surface area contributed by atoms with Crippen LogP contribution in [0, 0.1) is 0 Å². The van der Waals surface area contributed by atoms with Gasteiger partial charge in [-0.3, -0.25) is 4.79 Å². The summed E-state index contributed by atoms with van der Waals surface area (Å²) in [7, 11) is 0. The number of benzene rings is 2. The van der Waals surface area contributed by atoms with Crippen LogP contribution in [0.2, 0.25) is 5.02 Å². The Bertz CT molecular complexity index is 597. The van der Waals surface area contributed by atoms with Crippen LogP contribution in [-0.4, -0.2) is 11.0 Å². The molecule has 5 heteroatoms. The molecule has 0 saturated heterocycles. The lowest BCUT2D eigenvalue weighted by Gasteiger charge is -2.07. The van der Waals surface area contributed by atoms with Crippen LogP contribution in [0.5, 0.6) is 5.75 Å². The van der Waals surface area contributed by atoms with Crippen molar-refractivity contribution in [1.29, 1.82) is 0 Å². The van der Waals surface area contributed by atoms with Gasteiger partial charge in [-0.25, -0.2) is 0 Å². The van der Waals surface area contributed by atoms with Crippen LogP contribution in [-0.2, 0) is 6.54 Å². The highest BCUT2D eigenvalue weighted by atomic mass is 35.5. The van der Waals surface area contributed by atoms with Crippen molar-refractivity contribution in [3.63, 3.8) is 0 Å². The highest BCUT2D eigenvalue weighted by Gasteiger charge is 2.07. The van der Waals surface area contributed by atoms with Gasteiger partial charge in [-0.2, -0.15) is 0 Å². The van der Waals surface area contributed by atoms with Crippen LogP contribution in [0.4, 0.5) is 5.69 Å². The van der Waals surface area contributed by atoms with Gasteiger partial charge in [0.2, 0.25) is 0 Å². The fraction of sp³-hybridized carbons (Fsp3) is 0.0714. The standard InChI is InChI=1S/C14H13ClN2O2/c15-12-7-11(5-6-13(12)18)17-14(19)10-3-1-9(8-16)2-4-10/h1-7,18H,8,16H2,(H,17,19). The van der Waals surface area contributed by atoms with E-state index >= 15 is 0 Å². The molecule has 0 radical (unpaired) electrons. The zero-order valence-electron chi connectivity index (χ0n) is 10.1. The Morgan fingerprint density at radius 3 is 2.47 bits per heavy atom. The first kappa shape index (κ1) is 13.4. The molecule has 2 aromatic carbocycles. The molecule has 0 aromatic heterocycles. The topological polar surface area (TPSA) is 75.4 Å². The van der Waals surface area contributed by atoms with Gasteiger partial charge in [-0.1, -0.05) is 23.7 Å². The monoisotopic (exact) mass is 276 g/mol. The molecule has 4 N–H and O–H groups in total. The van der Waals surface area contributed by atoms with Crippen molar-refractivity contribution < 1.29 is 9.90 Å². The predicted molar refractivity (Wildman–Crippen MR) is 75.4 cm³/mol. The average molecular weight is 277 g/mol. The number of halogens is 1. The van der Waals surface area contributed by atoms with E-state index in [9.17, 15) is 9.90 Å². The Hall–Kier alpha value is -2.04. The molecule has 0 saturated carbocycles. The van der Waals surface area contributed by atoms with Crippen molar-refractivity contribution in [2.24, 2.45) is 5.73 Å². The van der Waals surface area contributed by atoms with E-state index in [1.165, 1.54) is 12.1 Å². The fourth-order valence-corrected chi connectivity index (χ4v) is 1.76. The smallest absolute Gasteiger partial charge is 0.255 e. The molecule has 98 valence electrons. The molecule has 1 amide bonds. The third-order valence-corrected chi connectivity index (χ3v) is 2.96. The summed E-state index contributed by atoms with van der Waals surface area (Å²) in [5.41, 5.74) is 7.51. The second-order valence-corrected chi connectivity index (χ2v) is 4.43. The SMILES string of the molecule is NCc1ccc(C(=O)Nc2ccc(O)c(Cl)c2)cc1. The molecular formula is C14H13ClN2O2. The summed E-state index contributed by atoms with van der Waals surface area (Å²) in [4.78, 5) is 12.0. The summed E-state index contributed by atoms with van der Waals surface area (Å²) in [6.07, 6.45) is 0. The maximum atomic E-state index is 12.0. The minimum atomic E-state index is -0.245. The highest BCUT2D eigenvalue weighted by molar-refractivity contribution is 6.32. The van der Waals surface area contributed by atoms with Crippen LogP contribution in [0.15, 0.2) is 42.5 Å². The number of amides is 1. The lowest BCUT2D eigenvalue weighted by molar-refractivity contribution is 0.102. The van der Waals surface area contributed by atoms with Gasteiger partial charge in [0.15, 0.2) is 0 Å². The quantitative estimate of drug-likeness (QED) is 0.755. The van der Waals surface area contributed by atoms with Gasteiger partial charge in [0.25, 0.3) is 5.91 Å². The largest absolute Gasteiger partial charge is 0.506 e. The Labute approximate surface area is 115 Å². The molecule has 0 fully saturated rings. The second-order valence-electron chi connectivity index (χ2n) is 4.02. The number of hydrogen-bond donors (Lipinski definition) is 3. The predicted octanol–water partition coefficient (Wildman–Crippen LogP) is 2.76. The molecule has 0 aliphatic heterocycles. The van der Waals surface area contributed by atoms with Crippen LogP contribution in [0.25, 0.3) is 0 Å². The maximum absolute atomic E-state index is 12.0. The third-order valence-electron chi connectivity index (χ3n) is 2.66. The average Bonchev–Trinajstić information content (AvgIpc) is 2.43. The van der Waals surface area contributed by atoms with Gasteiger partial charge in [-0.05, 0) is 35.9 Å². The van der Waals surface area contributed by atoms with E-state index in [0.29, 0.717) is 17.8 Å². The summed E-state index contributed by atoms with van der Waals surface area (Å²) in [5, 5.41) is 12.2. The van der Waals surface area contributed by atoms with Gasteiger partial charge in [0.05, 0.1) is 5.02 Å². The van der Waals surface area contributed by atoms with Gasteiger partial charge in [0, 0.05) is 17.8 Å². The first-order chi connectivity index (χ1) is 9.10. The van der Waals surface area contributed by atoms with Crippen molar-refractivity contribution in [3.8, 4) is 5.75 Å². The van der Waals surface area contributed by atoms with Gasteiger partial charge in [0.1, 0.15) is 5.75 Å². The zero-order valence-corrected chi connectivity index (χ0v) is 10.8. The molecule has 4 nitrogen and oxygen atoms in total. The molecule has 0 spiro atoms. The van der Waals surface area contributed by atoms with E-state index in [4.69, 9.17) is 17.3 Å². The molecule has 0 aliphatic carbocycles. The summed E-state index contributed by atoms with van der Waals surface area (Å²) >= 11 is 5.77. The first-order valence-electron chi connectivity index (χ1n) is 5.69. The number of carbonyl (C=O) groups is 1. The molecule has 0 unspecified atom stereocenters. The van der Waals surface area contributed by atoms with Gasteiger partial charge >= 0.3 is 0 Å². The first-order valence-corrected chi connectivity index (χ1v) is 6.07. The molecule has 0 heterocycles. The Morgan fingerprint density at radius 1 is 1.21 bits per heavy atom. The Kier molecular flexibility index (Phi) is 4.04. The van der Waals surface area contributed by atoms with Crippen LogP contribution >= 0.6 is 11.6 Å². The van der Waals surface area contributed by atoms with Gasteiger partial charge in [-0.15, -0.1) is 0 Å². The van der Waals surface area contributed by atoms with Crippen molar-refractivity contribution >= 4 is 23.2 Å². The molecule has 2 rings (SSSR count). The summed E-state index contributed by atoms with van der Waals surface area (Å²) in [6, 6.07) is 11.5. The number of rotatable bonds is 3. The van der Waals surface area contributed by atoms with Crippen molar-refractivity contribution in [1.82, 2.24) is 0 Å². The molecule has 2 aromatic rings. The van der Waals surface area contributed by atoms with E-state index < -0.39 is 0 Å². The van der Waals surface area contributed by atoms with Crippen LogP contribution in [0.3, 0.4) is 0 Å². The number of phenols is 1. The highest BCUT2D eigenvalue weighted by Crippen LogP contribution is 2.26. The maximum Gasteiger partial charge on any atom is 0.255 e. The molecule has 0 atom stereocenters. The van der Waals surface area contributed by atoms with Crippen molar-refractivity contribution in [2.45, 2.75) is 6.54 Å². The number of carbonyl (C=O) groups excluding carboxylic acids is 1. The zero-order chi connectivity index (χ0) is 13.8.